The van der Waals surface area contributed by atoms with Gasteiger partial charge < -0.3 is 154 Å². The lowest BCUT2D eigenvalue weighted by Gasteiger charge is -2.51. The molecule has 0 radical (unpaired) electrons. The van der Waals surface area contributed by atoms with E-state index >= 15 is 0 Å². The molecule has 0 aliphatic carbocycles. The molecule has 6 rings (SSSR count). The molecule has 30 atom stereocenters. The predicted molar refractivity (Wildman–Crippen MR) is 199 cm³/mol. The highest BCUT2D eigenvalue weighted by Gasteiger charge is 2.59. The first-order chi connectivity index (χ1) is 31.8. The molecule has 0 saturated carbocycles. The van der Waals surface area contributed by atoms with Crippen molar-refractivity contribution in [3.05, 3.63) is 0 Å². The molecule has 6 fully saturated rings. The molecule has 0 aromatic carbocycles. The van der Waals surface area contributed by atoms with E-state index in [9.17, 15) is 102 Å². The van der Waals surface area contributed by atoms with Gasteiger partial charge in [0.25, 0.3) is 0 Å². The van der Waals surface area contributed by atoms with E-state index in [4.69, 9.17) is 52.1 Å². The van der Waals surface area contributed by atoms with Crippen molar-refractivity contribution in [2.24, 2.45) is 0 Å². The Hall–Kier alpha value is -1.24. The van der Waals surface area contributed by atoms with Crippen LogP contribution in [0.15, 0.2) is 0 Å². The molecule has 0 amide bonds. The molecule has 20 N–H and O–H groups in total. The third-order valence-corrected chi connectivity index (χ3v) is 12.4. The molecule has 0 aromatic rings. The summed E-state index contributed by atoms with van der Waals surface area (Å²) in [5.74, 6) is 0. The largest absolute Gasteiger partial charge is 0.394 e. The van der Waals surface area contributed by atoms with Crippen molar-refractivity contribution >= 4 is 0 Å². The van der Waals surface area contributed by atoms with Crippen molar-refractivity contribution < 1.29 is 154 Å². The van der Waals surface area contributed by atoms with E-state index in [0.717, 1.165) is 0 Å². The van der Waals surface area contributed by atoms with Gasteiger partial charge in [0.2, 0.25) is 0 Å². The third kappa shape index (κ3) is 11.2. The zero-order chi connectivity index (χ0) is 49.3. The Morgan fingerprint density at radius 2 is 0.478 bits per heavy atom. The van der Waals surface area contributed by atoms with Crippen LogP contribution in [-0.2, 0) is 52.1 Å². The lowest BCUT2D eigenvalue weighted by atomic mass is 9.94. The van der Waals surface area contributed by atoms with E-state index in [1.807, 2.05) is 0 Å². The lowest BCUT2D eigenvalue weighted by molar-refractivity contribution is -0.413. The van der Waals surface area contributed by atoms with Crippen molar-refractivity contribution in [1.29, 1.82) is 0 Å². The van der Waals surface area contributed by atoms with Gasteiger partial charge in [0.15, 0.2) is 37.7 Å². The number of aliphatic hydroxyl groups is 20. The van der Waals surface area contributed by atoms with Crippen molar-refractivity contribution in [3.8, 4) is 0 Å². The minimum absolute atomic E-state index is 0.894. The minimum Gasteiger partial charge on any atom is -0.394 e. The summed E-state index contributed by atoms with van der Waals surface area (Å²) in [5.41, 5.74) is 0. The summed E-state index contributed by atoms with van der Waals surface area (Å²) < 4.78 is 61.8. The van der Waals surface area contributed by atoms with E-state index in [1.165, 1.54) is 0 Å². The summed E-state index contributed by atoms with van der Waals surface area (Å²) in [6, 6.07) is 0. The number of ether oxygens (including phenoxy) is 11. The van der Waals surface area contributed by atoms with Gasteiger partial charge in [-0.05, 0) is 0 Å². The summed E-state index contributed by atoms with van der Waals surface area (Å²) in [4.78, 5) is 0. The maximum absolute atomic E-state index is 11.7. The highest BCUT2D eigenvalue weighted by Crippen LogP contribution is 2.38. The molecule has 6 heterocycles. The fraction of sp³-hybridized carbons (Fsp3) is 1.00. The molecule has 0 spiro atoms. The first kappa shape index (κ1) is 55.1. The van der Waals surface area contributed by atoms with E-state index in [1.54, 1.807) is 0 Å². The first-order valence-corrected chi connectivity index (χ1v) is 21.1. The monoisotopic (exact) mass is 990 g/mol. The zero-order valence-corrected chi connectivity index (χ0v) is 35.0. The predicted octanol–water partition coefficient (Wildman–Crippen LogP) is -14.1. The fourth-order valence-corrected chi connectivity index (χ4v) is 8.47. The molecule has 6 saturated heterocycles. The van der Waals surface area contributed by atoms with Gasteiger partial charge in [-0.3, -0.25) is 0 Å². The van der Waals surface area contributed by atoms with Crippen molar-refractivity contribution in [3.63, 3.8) is 0 Å². The van der Waals surface area contributed by atoms with Crippen LogP contribution in [0.4, 0.5) is 0 Å². The van der Waals surface area contributed by atoms with E-state index in [0.29, 0.717) is 0 Å². The van der Waals surface area contributed by atoms with Gasteiger partial charge in [-0.1, -0.05) is 0 Å². The Morgan fingerprint density at radius 3 is 0.851 bits per heavy atom. The summed E-state index contributed by atoms with van der Waals surface area (Å²) in [6.45, 7) is -5.99. The molecular formula is C36H62O31. The van der Waals surface area contributed by atoms with E-state index in [-0.39, 0.29) is 0 Å². The normalized spacial score (nSPS) is 53.4. The summed E-state index contributed by atoms with van der Waals surface area (Å²) in [7, 11) is 0. The zero-order valence-electron chi connectivity index (χ0n) is 35.0. The molecular weight excluding hydrogens is 928 g/mol. The van der Waals surface area contributed by atoms with Gasteiger partial charge in [0.05, 0.1) is 39.6 Å². The third-order valence-electron chi connectivity index (χ3n) is 12.4. The summed E-state index contributed by atoms with van der Waals surface area (Å²) >= 11 is 0. The molecule has 6 aliphatic heterocycles. The fourth-order valence-electron chi connectivity index (χ4n) is 8.47. The second kappa shape index (κ2) is 23.5. The van der Waals surface area contributed by atoms with E-state index in [2.05, 4.69) is 0 Å². The van der Waals surface area contributed by atoms with Gasteiger partial charge in [-0.25, -0.2) is 0 Å². The lowest BCUT2D eigenvalue weighted by Crippen LogP contribution is -2.69. The van der Waals surface area contributed by atoms with Crippen molar-refractivity contribution in [1.82, 2.24) is 0 Å². The van der Waals surface area contributed by atoms with Gasteiger partial charge in [-0.15, -0.1) is 0 Å². The van der Waals surface area contributed by atoms with Crippen LogP contribution in [0.5, 0.6) is 0 Å². The number of hydrogen-bond donors (Lipinski definition) is 20. The molecule has 392 valence electrons. The maximum atomic E-state index is 11.7. The first-order valence-electron chi connectivity index (χ1n) is 21.1. The molecule has 0 aromatic heterocycles. The summed E-state index contributed by atoms with van der Waals surface area (Å²) in [6.07, 6.45) is -60.2. The smallest absolute Gasteiger partial charge is 0.187 e. The van der Waals surface area contributed by atoms with Crippen LogP contribution >= 0.6 is 0 Å². The van der Waals surface area contributed by atoms with Gasteiger partial charge in [0.1, 0.15) is 146 Å². The second-order valence-electron chi connectivity index (χ2n) is 16.8. The van der Waals surface area contributed by atoms with Crippen LogP contribution in [0, 0.1) is 0 Å². The molecule has 0 unspecified atom stereocenters. The second-order valence-corrected chi connectivity index (χ2v) is 16.8. The van der Waals surface area contributed by atoms with Crippen LogP contribution in [0.25, 0.3) is 0 Å². The van der Waals surface area contributed by atoms with Crippen molar-refractivity contribution in [2.45, 2.75) is 184 Å². The average Bonchev–Trinajstić information content (AvgIpc) is 3.31. The number of aliphatic hydroxyl groups excluding tert-OH is 20. The highest BCUT2D eigenvalue weighted by molar-refractivity contribution is 5.00. The highest BCUT2D eigenvalue weighted by atomic mass is 16.8. The Kier molecular flexibility index (Phi) is 19.4. The SMILES string of the molecule is OC[C@H]1O[C@@H](O[C@H]2[C@@H](O)[C@@H](CO)O[C@@H](O[C@H]3[C@@H](O)[C@@H](CO)O[C@H](O[C@H]4[C@@H](O)[C@@H](CO)O[C@@H](O[C@@H]5[C@@H](O)[C@H](O)O[C@H](CO)[C@H]5O)[C@@H]4O)[C@@H]3O[C@H]3O[C@H](CO)[C@H](O)[C@H](O)[C@H]3O)[C@@H]2O)[C@H](O)[C@@H](O)[C@H]1O. The molecule has 67 heavy (non-hydrogen) atoms. The molecule has 6 aliphatic rings. The topological polar surface area (TPSA) is 506 Å². The Bertz CT molecular complexity index is 1510. The standard InChI is InChI=1S/C36H62O31/c37-1-7-13(43)19(49)21(51)32(58-7)64-27-16(46)10(4-40)61-35(24(27)54)66-29-18(48)12(6-42)62-36(30(29)67-33-22(52)20(50)14(44)8(2-38)59-33)65-28-17(47)11(5-41)60-34(25(28)55)63-26-15(45)9(3-39)57-31(56)23(26)53/h7-56H,1-6H2/t7-,8-,9-,10-,11-,12-,13+,14+,15-,16+,17+,18+,19+,20+,21-,22-,23-,24-,25-,26+,27+,28+,29+,30-,31-,32+,33-,34+,35+,36-/m1/s1. The van der Waals surface area contributed by atoms with Crippen LogP contribution in [0.2, 0.25) is 0 Å². The van der Waals surface area contributed by atoms with Crippen LogP contribution in [0.1, 0.15) is 0 Å². The van der Waals surface area contributed by atoms with Gasteiger partial charge in [-0.2, -0.15) is 0 Å². The maximum Gasteiger partial charge on any atom is 0.187 e. The number of rotatable bonds is 16. The molecule has 31 heteroatoms. The van der Waals surface area contributed by atoms with Crippen molar-refractivity contribution in [2.75, 3.05) is 39.6 Å². The average molecular weight is 991 g/mol. The van der Waals surface area contributed by atoms with Crippen LogP contribution in [-0.4, -0.2) is 326 Å². The Balaban J connectivity index is 1.33. The minimum atomic E-state index is -2.28. The summed E-state index contributed by atoms with van der Waals surface area (Å²) in [5, 5.41) is 212. The molecule has 0 bridgehead atoms. The Labute approximate surface area is 378 Å². The van der Waals surface area contributed by atoms with Crippen LogP contribution < -0.4 is 0 Å². The van der Waals surface area contributed by atoms with E-state index < -0.39 is 224 Å². The quantitative estimate of drug-likeness (QED) is 0.0683. The van der Waals surface area contributed by atoms with Crippen LogP contribution in [0.3, 0.4) is 0 Å². The van der Waals surface area contributed by atoms with Gasteiger partial charge in [0, 0.05) is 0 Å². The number of hydrogen-bond acceptors (Lipinski definition) is 31. The Morgan fingerprint density at radius 1 is 0.224 bits per heavy atom. The van der Waals surface area contributed by atoms with Gasteiger partial charge >= 0.3 is 0 Å². The molecule has 31 nitrogen and oxygen atoms in total.